The Labute approximate surface area is 191 Å². The molecule has 0 saturated carbocycles. The van der Waals surface area contributed by atoms with E-state index in [4.69, 9.17) is 4.74 Å². The highest BCUT2D eigenvalue weighted by atomic mass is 32.2. The average Bonchev–Trinajstić information content (AvgIpc) is 3.23. The van der Waals surface area contributed by atoms with E-state index >= 15 is 0 Å². The minimum Gasteiger partial charge on any atom is -0.495 e. The van der Waals surface area contributed by atoms with Gasteiger partial charge >= 0.3 is 0 Å². The van der Waals surface area contributed by atoms with Crippen molar-refractivity contribution in [2.24, 2.45) is 0 Å². The number of fused-ring (bicyclic) bond motifs is 1. The molecule has 1 fully saturated rings. The van der Waals surface area contributed by atoms with Gasteiger partial charge in [0.15, 0.2) is 0 Å². The number of benzene rings is 2. The van der Waals surface area contributed by atoms with Crippen molar-refractivity contribution in [1.82, 2.24) is 14.2 Å². The van der Waals surface area contributed by atoms with Gasteiger partial charge in [-0.25, -0.2) is 12.4 Å². The number of nitrogens with zero attached hydrogens (tertiary/aromatic N) is 2. The van der Waals surface area contributed by atoms with E-state index in [1.165, 1.54) is 11.1 Å². The summed E-state index contributed by atoms with van der Waals surface area (Å²) in [6.07, 6.45) is 3.92. The molecule has 1 aliphatic heterocycles. The van der Waals surface area contributed by atoms with Crippen molar-refractivity contribution in [3.8, 4) is 5.75 Å². The van der Waals surface area contributed by atoms with Crippen LogP contribution in [0.1, 0.15) is 37.8 Å². The van der Waals surface area contributed by atoms with E-state index in [1.54, 1.807) is 18.3 Å². The molecule has 2 aromatic carbocycles. The minimum absolute atomic E-state index is 0.179. The highest BCUT2D eigenvalue weighted by molar-refractivity contribution is 7.90. The first-order chi connectivity index (χ1) is 15.3. The van der Waals surface area contributed by atoms with Gasteiger partial charge in [0.25, 0.3) is 10.0 Å². The van der Waals surface area contributed by atoms with E-state index in [1.807, 2.05) is 31.2 Å². The van der Waals surface area contributed by atoms with Crippen LogP contribution >= 0.6 is 0 Å². The SMILES string of the molecule is COc1ccc(C)cc1S(=O)(=O)n1ccc2c(CNC3CCN(C(C)C)CC3)cccc21. The lowest BCUT2D eigenvalue weighted by molar-refractivity contribution is 0.161. The Morgan fingerprint density at radius 1 is 1.12 bits per heavy atom. The molecule has 1 aliphatic rings. The Kier molecular flexibility index (Phi) is 6.60. The monoisotopic (exact) mass is 455 g/mol. The maximum Gasteiger partial charge on any atom is 0.271 e. The minimum atomic E-state index is -3.79. The van der Waals surface area contributed by atoms with Crippen LogP contribution in [0.5, 0.6) is 5.75 Å². The third kappa shape index (κ3) is 4.42. The third-order valence-corrected chi connectivity index (χ3v) is 8.20. The van der Waals surface area contributed by atoms with E-state index in [2.05, 4.69) is 30.1 Å². The molecule has 0 spiro atoms. The molecule has 0 aliphatic carbocycles. The normalized spacial score (nSPS) is 16.2. The van der Waals surface area contributed by atoms with Crippen LogP contribution in [0.4, 0.5) is 0 Å². The van der Waals surface area contributed by atoms with E-state index < -0.39 is 10.0 Å². The molecule has 3 aromatic rings. The van der Waals surface area contributed by atoms with E-state index in [0.717, 1.165) is 49.0 Å². The van der Waals surface area contributed by atoms with E-state index in [9.17, 15) is 8.42 Å². The van der Waals surface area contributed by atoms with Crippen LogP contribution in [0.15, 0.2) is 53.6 Å². The zero-order chi connectivity index (χ0) is 22.9. The molecule has 1 N–H and O–H groups in total. The van der Waals surface area contributed by atoms with Crippen LogP contribution in [-0.2, 0) is 16.6 Å². The fraction of sp³-hybridized carbons (Fsp3) is 0.440. The number of methoxy groups -OCH3 is 1. The zero-order valence-corrected chi connectivity index (χ0v) is 20.2. The van der Waals surface area contributed by atoms with Gasteiger partial charge in [-0.1, -0.05) is 18.2 Å². The molecule has 1 aromatic heterocycles. The Morgan fingerprint density at radius 3 is 2.56 bits per heavy atom. The quantitative estimate of drug-likeness (QED) is 0.580. The summed E-state index contributed by atoms with van der Waals surface area (Å²) in [5.41, 5.74) is 2.66. The van der Waals surface area contributed by atoms with Crippen LogP contribution in [-0.4, -0.2) is 49.6 Å². The Hall–Kier alpha value is -2.35. The summed E-state index contributed by atoms with van der Waals surface area (Å²) in [4.78, 5) is 2.70. The van der Waals surface area contributed by atoms with Gasteiger partial charge in [-0.3, -0.25) is 0 Å². The van der Waals surface area contributed by atoms with Gasteiger partial charge in [-0.15, -0.1) is 0 Å². The molecular weight excluding hydrogens is 422 g/mol. The first-order valence-electron chi connectivity index (χ1n) is 11.3. The molecule has 2 heterocycles. The van der Waals surface area contributed by atoms with Gasteiger partial charge in [0.2, 0.25) is 0 Å². The van der Waals surface area contributed by atoms with E-state index in [-0.39, 0.29) is 4.90 Å². The standard InChI is InChI=1S/C25H33N3O3S/c1-18(2)27-13-10-21(11-14-27)26-17-20-6-5-7-23-22(20)12-15-28(23)32(29,30)25-16-19(3)8-9-24(25)31-4/h5-9,12,15-16,18,21,26H,10-11,13-14,17H2,1-4H3. The van der Waals surface area contributed by atoms with Gasteiger partial charge in [0, 0.05) is 30.2 Å². The van der Waals surface area contributed by atoms with Crippen LogP contribution in [0, 0.1) is 6.92 Å². The maximum absolute atomic E-state index is 13.5. The highest BCUT2D eigenvalue weighted by Gasteiger charge is 2.24. The van der Waals surface area contributed by atoms with Crippen molar-refractivity contribution >= 4 is 20.9 Å². The number of aryl methyl sites for hydroxylation is 1. The molecule has 6 nitrogen and oxygen atoms in total. The Bertz CT molecular complexity index is 1190. The summed E-state index contributed by atoms with van der Waals surface area (Å²) >= 11 is 0. The van der Waals surface area contributed by atoms with Crippen molar-refractivity contribution in [2.75, 3.05) is 20.2 Å². The number of piperidine rings is 1. The van der Waals surface area contributed by atoms with Gasteiger partial charge in [0.05, 0.1) is 12.6 Å². The smallest absolute Gasteiger partial charge is 0.271 e. The van der Waals surface area contributed by atoms with Gasteiger partial charge in [-0.05, 0) is 82.1 Å². The fourth-order valence-corrected chi connectivity index (χ4v) is 6.13. The maximum atomic E-state index is 13.5. The Balaban J connectivity index is 1.58. The highest BCUT2D eigenvalue weighted by Crippen LogP contribution is 2.30. The predicted molar refractivity (Wildman–Crippen MR) is 129 cm³/mol. The molecule has 0 unspecified atom stereocenters. The number of hydrogen-bond acceptors (Lipinski definition) is 5. The summed E-state index contributed by atoms with van der Waals surface area (Å²) in [6, 6.07) is 14.1. The van der Waals surface area contributed by atoms with Crippen LogP contribution < -0.4 is 10.1 Å². The molecule has 172 valence electrons. The second kappa shape index (κ2) is 9.25. The lowest BCUT2D eigenvalue weighted by Crippen LogP contribution is -2.44. The van der Waals surface area contributed by atoms with Crippen LogP contribution in [0.3, 0.4) is 0 Å². The van der Waals surface area contributed by atoms with Gasteiger partial charge < -0.3 is 15.0 Å². The van der Waals surface area contributed by atoms with Gasteiger partial charge in [0.1, 0.15) is 10.6 Å². The zero-order valence-electron chi connectivity index (χ0n) is 19.3. The summed E-state index contributed by atoms with van der Waals surface area (Å²) in [5, 5.41) is 4.64. The number of hydrogen-bond donors (Lipinski definition) is 1. The van der Waals surface area contributed by atoms with Crippen LogP contribution in [0.25, 0.3) is 10.9 Å². The summed E-state index contributed by atoms with van der Waals surface area (Å²) < 4.78 is 33.7. The molecule has 1 saturated heterocycles. The summed E-state index contributed by atoms with van der Waals surface area (Å²) in [6.45, 7) is 9.33. The van der Waals surface area contributed by atoms with Gasteiger partial charge in [-0.2, -0.15) is 0 Å². The molecule has 0 bridgehead atoms. The molecule has 4 rings (SSSR count). The fourth-order valence-electron chi connectivity index (χ4n) is 4.54. The van der Waals surface area contributed by atoms with Crippen molar-refractivity contribution in [2.45, 2.75) is 57.1 Å². The molecule has 0 radical (unpaired) electrons. The summed E-state index contributed by atoms with van der Waals surface area (Å²) in [5.74, 6) is 0.350. The number of nitrogens with one attached hydrogen (secondary N) is 1. The molecule has 0 amide bonds. The molecule has 7 heteroatoms. The van der Waals surface area contributed by atoms with Crippen molar-refractivity contribution in [1.29, 1.82) is 0 Å². The number of rotatable bonds is 7. The first kappa shape index (κ1) is 22.8. The van der Waals surface area contributed by atoms with Crippen molar-refractivity contribution in [3.05, 3.63) is 59.8 Å². The average molecular weight is 456 g/mol. The number of ether oxygens (including phenoxy) is 1. The van der Waals surface area contributed by atoms with Crippen molar-refractivity contribution in [3.63, 3.8) is 0 Å². The summed E-state index contributed by atoms with van der Waals surface area (Å²) in [7, 11) is -2.30. The lowest BCUT2D eigenvalue weighted by Gasteiger charge is -2.35. The molecular formula is C25H33N3O3S. The van der Waals surface area contributed by atoms with Crippen LogP contribution in [0.2, 0.25) is 0 Å². The third-order valence-electron chi connectivity index (χ3n) is 6.48. The largest absolute Gasteiger partial charge is 0.495 e. The second-order valence-corrected chi connectivity index (χ2v) is 10.7. The number of aromatic nitrogens is 1. The number of likely N-dealkylation sites (tertiary alicyclic amines) is 1. The van der Waals surface area contributed by atoms with Crippen molar-refractivity contribution < 1.29 is 13.2 Å². The predicted octanol–water partition coefficient (Wildman–Crippen LogP) is 4.16. The Morgan fingerprint density at radius 2 is 1.88 bits per heavy atom. The first-order valence-corrected chi connectivity index (χ1v) is 12.7. The lowest BCUT2D eigenvalue weighted by atomic mass is 10.0. The molecule has 32 heavy (non-hydrogen) atoms. The topological polar surface area (TPSA) is 63.6 Å². The second-order valence-electron chi connectivity index (χ2n) is 8.91. The van der Waals surface area contributed by atoms with E-state index in [0.29, 0.717) is 23.3 Å². The molecule has 0 atom stereocenters.